The lowest BCUT2D eigenvalue weighted by Gasteiger charge is -2.10. The molecule has 1 aromatic carbocycles. The minimum Gasteiger partial charge on any atom is -0.457 e. The van der Waals surface area contributed by atoms with E-state index in [4.69, 9.17) is 14.8 Å². The molecule has 0 amide bonds. The Morgan fingerprint density at radius 2 is 2.24 bits per heavy atom. The minimum absolute atomic E-state index is 0.130. The lowest BCUT2D eigenvalue weighted by Crippen LogP contribution is -2.22. The second kappa shape index (κ2) is 8.03. The highest BCUT2D eigenvalue weighted by molar-refractivity contribution is 5.93. The molecule has 1 aromatic heterocycles. The van der Waals surface area contributed by atoms with Crippen LogP contribution in [0.3, 0.4) is 0 Å². The first-order chi connectivity index (χ1) is 14.1. The molecule has 0 radical (unpaired) electrons. The number of carbonyl (C=O) groups is 1. The third kappa shape index (κ3) is 3.86. The van der Waals surface area contributed by atoms with E-state index >= 15 is 0 Å². The van der Waals surface area contributed by atoms with Crippen molar-refractivity contribution in [2.24, 2.45) is 0 Å². The van der Waals surface area contributed by atoms with Crippen LogP contribution in [0.25, 0.3) is 0 Å². The fourth-order valence-corrected chi connectivity index (χ4v) is 3.60. The van der Waals surface area contributed by atoms with Crippen LogP contribution in [0.1, 0.15) is 49.9 Å². The fraction of sp³-hybridized carbons (Fsp3) is 0.318. The summed E-state index contributed by atoms with van der Waals surface area (Å²) in [6.07, 6.45) is 4.44. The number of nitriles is 1. The molecule has 4 rings (SSSR count). The Morgan fingerprint density at radius 1 is 1.38 bits per heavy atom. The van der Waals surface area contributed by atoms with Crippen molar-refractivity contribution in [3.8, 4) is 6.07 Å². The summed E-state index contributed by atoms with van der Waals surface area (Å²) in [5.41, 5.74) is 9.30. The Kier molecular flexibility index (Phi) is 5.30. The van der Waals surface area contributed by atoms with Crippen LogP contribution in [0.15, 0.2) is 36.2 Å². The zero-order valence-corrected chi connectivity index (χ0v) is 16.4. The van der Waals surface area contributed by atoms with E-state index < -0.39 is 0 Å². The molecular formula is C22H22N4O3. The van der Waals surface area contributed by atoms with E-state index in [0.717, 1.165) is 41.1 Å². The number of benzene rings is 1. The van der Waals surface area contributed by atoms with Crippen LogP contribution < -0.4 is 10.8 Å². The molecule has 2 aliphatic heterocycles. The Labute approximate surface area is 169 Å². The summed E-state index contributed by atoms with van der Waals surface area (Å²) in [5.74, 6) is 0.579. The van der Waals surface area contributed by atoms with Crippen LogP contribution in [-0.4, -0.2) is 24.0 Å². The first-order valence-corrected chi connectivity index (χ1v) is 9.55. The summed E-state index contributed by atoms with van der Waals surface area (Å²) in [6, 6.07) is 7.76. The second-order valence-corrected chi connectivity index (χ2v) is 7.25. The maximum atomic E-state index is 11.6. The molecule has 0 bridgehead atoms. The SMILES string of the molecule is Cc1cc(C2C=C(CNCCc3ccc4c(c3C)COC4=O)ON2)ncc1C#N. The van der Waals surface area contributed by atoms with Crippen molar-refractivity contribution in [3.05, 3.63) is 75.3 Å². The maximum absolute atomic E-state index is 11.6. The van der Waals surface area contributed by atoms with Crippen molar-refractivity contribution in [1.29, 1.82) is 5.26 Å². The van der Waals surface area contributed by atoms with Gasteiger partial charge in [-0.3, -0.25) is 4.98 Å². The Balaban J connectivity index is 1.31. The van der Waals surface area contributed by atoms with E-state index in [1.807, 2.05) is 38.1 Å². The number of nitrogens with zero attached hydrogens (tertiary/aromatic N) is 2. The van der Waals surface area contributed by atoms with Gasteiger partial charge in [-0.15, -0.1) is 5.48 Å². The van der Waals surface area contributed by atoms with E-state index in [-0.39, 0.29) is 12.0 Å². The topological polar surface area (TPSA) is 96.3 Å². The van der Waals surface area contributed by atoms with Gasteiger partial charge in [-0.2, -0.15) is 5.26 Å². The number of esters is 1. The third-order valence-electron chi connectivity index (χ3n) is 5.39. The van der Waals surface area contributed by atoms with E-state index in [1.165, 1.54) is 5.56 Å². The standard InChI is InChI=1S/C22H22N4O3/c1-13-7-20(25-10-16(13)9-23)21-8-17(29-26-21)11-24-6-5-15-3-4-18-19(14(15)2)12-28-22(18)27/h3-4,7-8,10,21,24,26H,5-6,11-12H2,1-2H3. The number of ether oxygens (including phenoxy) is 1. The van der Waals surface area contributed by atoms with Crippen molar-refractivity contribution < 1.29 is 14.4 Å². The van der Waals surface area contributed by atoms with E-state index in [0.29, 0.717) is 24.3 Å². The number of hydroxylamine groups is 1. The zero-order chi connectivity index (χ0) is 20.4. The molecule has 0 aliphatic carbocycles. The number of aryl methyl sites for hydroxylation is 1. The lowest BCUT2D eigenvalue weighted by atomic mass is 9.97. The monoisotopic (exact) mass is 390 g/mol. The van der Waals surface area contributed by atoms with Crippen LogP contribution in [0.2, 0.25) is 0 Å². The number of rotatable bonds is 6. The summed E-state index contributed by atoms with van der Waals surface area (Å²) in [5, 5.41) is 12.4. The first-order valence-electron chi connectivity index (χ1n) is 9.55. The van der Waals surface area contributed by atoms with E-state index in [9.17, 15) is 4.79 Å². The van der Waals surface area contributed by atoms with Crippen molar-refractivity contribution >= 4 is 5.97 Å². The molecule has 7 nitrogen and oxygen atoms in total. The van der Waals surface area contributed by atoms with Crippen LogP contribution in [0.4, 0.5) is 0 Å². The highest BCUT2D eigenvalue weighted by atomic mass is 16.7. The molecule has 2 N–H and O–H groups in total. The summed E-state index contributed by atoms with van der Waals surface area (Å²) in [7, 11) is 0. The third-order valence-corrected chi connectivity index (χ3v) is 5.39. The maximum Gasteiger partial charge on any atom is 0.338 e. The molecule has 1 atom stereocenters. The molecule has 0 fully saturated rings. The number of carbonyl (C=O) groups excluding carboxylic acids is 1. The molecule has 1 unspecified atom stereocenters. The number of fused-ring (bicyclic) bond motifs is 1. The quantitative estimate of drug-likeness (QED) is 0.578. The number of cyclic esters (lactones) is 1. The van der Waals surface area contributed by atoms with E-state index in [1.54, 1.807) is 6.20 Å². The number of hydrogen-bond donors (Lipinski definition) is 2. The number of pyridine rings is 1. The van der Waals surface area contributed by atoms with Gasteiger partial charge in [0.15, 0.2) is 0 Å². The molecular weight excluding hydrogens is 368 g/mol. The Bertz CT molecular complexity index is 1040. The molecule has 0 saturated carbocycles. The Morgan fingerprint density at radius 3 is 3.03 bits per heavy atom. The largest absolute Gasteiger partial charge is 0.457 e. The van der Waals surface area contributed by atoms with Crippen molar-refractivity contribution in [1.82, 2.24) is 15.8 Å². The van der Waals surface area contributed by atoms with Crippen LogP contribution in [-0.2, 0) is 22.6 Å². The fourth-order valence-electron chi connectivity index (χ4n) is 3.60. The summed E-state index contributed by atoms with van der Waals surface area (Å²) in [4.78, 5) is 21.5. The average Bonchev–Trinajstić information content (AvgIpc) is 3.34. The molecule has 3 heterocycles. The van der Waals surface area contributed by atoms with Crippen LogP contribution >= 0.6 is 0 Å². The lowest BCUT2D eigenvalue weighted by molar-refractivity contribution is 0.0535. The van der Waals surface area contributed by atoms with Gasteiger partial charge in [-0.05, 0) is 61.7 Å². The number of aromatic nitrogens is 1. The average molecular weight is 390 g/mol. The van der Waals surface area contributed by atoms with Gasteiger partial charge in [0.1, 0.15) is 24.5 Å². The van der Waals surface area contributed by atoms with Gasteiger partial charge in [0.2, 0.25) is 0 Å². The predicted molar refractivity (Wildman–Crippen MR) is 106 cm³/mol. The van der Waals surface area contributed by atoms with Gasteiger partial charge >= 0.3 is 5.97 Å². The highest BCUT2D eigenvalue weighted by Crippen LogP contribution is 2.26. The molecule has 7 heteroatoms. The first kappa shape index (κ1) is 19.1. The summed E-state index contributed by atoms with van der Waals surface area (Å²) >= 11 is 0. The van der Waals surface area contributed by atoms with Gasteiger partial charge in [0.05, 0.1) is 23.4 Å². The van der Waals surface area contributed by atoms with Gasteiger partial charge < -0.3 is 14.9 Å². The van der Waals surface area contributed by atoms with Crippen LogP contribution in [0, 0.1) is 25.2 Å². The molecule has 29 heavy (non-hydrogen) atoms. The molecule has 148 valence electrons. The van der Waals surface area contributed by atoms with Crippen molar-refractivity contribution in [2.75, 3.05) is 13.1 Å². The van der Waals surface area contributed by atoms with E-state index in [2.05, 4.69) is 21.9 Å². The van der Waals surface area contributed by atoms with Gasteiger partial charge in [0, 0.05) is 11.8 Å². The molecule has 0 saturated heterocycles. The predicted octanol–water partition coefficient (Wildman–Crippen LogP) is 2.53. The van der Waals surface area contributed by atoms with Crippen molar-refractivity contribution in [3.63, 3.8) is 0 Å². The molecule has 2 aromatic rings. The zero-order valence-electron chi connectivity index (χ0n) is 16.4. The minimum atomic E-state index is -0.230. The van der Waals surface area contributed by atoms with Crippen molar-refractivity contribution in [2.45, 2.75) is 32.9 Å². The number of hydrogen-bond acceptors (Lipinski definition) is 7. The van der Waals surface area contributed by atoms with Gasteiger partial charge in [-0.25, -0.2) is 4.79 Å². The normalized spacial score (nSPS) is 17.3. The Hall–Kier alpha value is -3.21. The van der Waals surface area contributed by atoms with Crippen LogP contribution in [0.5, 0.6) is 0 Å². The second-order valence-electron chi connectivity index (χ2n) is 7.25. The molecule has 2 aliphatic rings. The smallest absolute Gasteiger partial charge is 0.338 e. The summed E-state index contributed by atoms with van der Waals surface area (Å²) in [6.45, 7) is 5.70. The summed E-state index contributed by atoms with van der Waals surface area (Å²) < 4.78 is 5.11. The van der Waals surface area contributed by atoms with Gasteiger partial charge in [-0.1, -0.05) is 6.07 Å². The molecule has 0 spiro atoms. The number of nitrogens with one attached hydrogen (secondary N) is 2. The van der Waals surface area contributed by atoms with Gasteiger partial charge in [0.25, 0.3) is 0 Å². The highest BCUT2D eigenvalue weighted by Gasteiger charge is 2.24.